The molecule has 0 spiro atoms. The lowest BCUT2D eigenvalue weighted by molar-refractivity contribution is -0.384. The van der Waals surface area contributed by atoms with Crippen molar-refractivity contribution in [1.29, 1.82) is 0 Å². The summed E-state index contributed by atoms with van der Waals surface area (Å²) in [6.07, 6.45) is 1.66. The second-order valence-electron chi connectivity index (χ2n) is 3.92. The van der Waals surface area contributed by atoms with Crippen molar-refractivity contribution in [1.82, 2.24) is 0 Å². The van der Waals surface area contributed by atoms with Gasteiger partial charge in [-0.25, -0.2) is 4.79 Å². The number of nitro benzene ring substituents is 1. The third kappa shape index (κ3) is 4.55. The van der Waals surface area contributed by atoms with Crippen LogP contribution in [0.4, 0.5) is 11.4 Å². The van der Waals surface area contributed by atoms with E-state index in [1.807, 2.05) is 0 Å². The monoisotopic (exact) mass is 268 g/mol. The van der Waals surface area contributed by atoms with E-state index in [0.29, 0.717) is 18.8 Å². The van der Waals surface area contributed by atoms with Crippen LogP contribution < -0.4 is 5.32 Å². The zero-order valence-corrected chi connectivity index (χ0v) is 10.6. The minimum Gasteiger partial charge on any atom is -0.478 e. The lowest BCUT2D eigenvalue weighted by Gasteiger charge is -2.07. The van der Waals surface area contributed by atoms with Gasteiger partial charge in [-0.3, -0.25) is 10.1 Å². The number of anilines is 1. The van der Waals surface area contributed by atoms with E-state index in [1.165, 1.54) is 12.1 Å². The number of unbranched alkanes of at least 4 members (excludes halogenated alkanes) is 1. The molecule has 0 aliphatic carbocycles. The second kappa shape index (κ2) is 7.32. The Hall–Kier alpha value is -2.15. The van der Waals surface area contributed by atoms with E-state index in [1.54, 1.807) is 7.11 Å². The molecule has 0 aliphatic heterocycles. The predicted molar refractivity (Wildman–Crippen MR) is 69.7 cm³/mol. The summed E-state index contributed by atoms with van der Waals surface area (Å²) in [5.41, 5.74) is -0.00399. The van der Waals surface area contributed by atoms with Crippen molar-refractivity contribution in [2.24, 2.45) is 0 Å². The molecule has 0 saturated carbocycles. The van der Waals surface area contributed by atoms with Gasteiger partial charge in [0.1, 0.15) is 5.69 Å². The second-order valence-corrected chi connectivity index (χ2v) is 3.92. The van der Waals surface area contributed by atoms with Crippen molar-refractivity contribution in [3.05, 3.63) is 33.9 Å². The minimum atomic E-state index is -1.19. The molecule has 19 heavy (non-hydrogen) atoms. The van der Waals surface area contributed by atoms with Crippen LogP contribution in [0.15, 0.2) is 18.2 Å². The van der Waals surface area contributed by atoms with Crippen molar-refractivity contribution >= 4 is 17.3 Å². The zero-order chi connectivity index (χ0) is 14.3. The molecule has 0 aromatic heterocycles. The van der Waals surface area contributed by atoms with Gasteiger partial charge in [-0.05, 0) is 25.0 Å². The molecule has 0 bridgehead atoms. The third-order valence-electron chi connectivity index (χ3n) is 2.53. The highest BCUT2D eigenvalue weighted by atomic mass is 16.6. The first-order valence-corrected chi connectivity index (χ1v) is 5.80. The molecule has 0 heterocycles. The van der Waals surface area contributed by atoms with Crippen LogP contribution >= 0.6 is 0 Å². The molecule has 1 rings (SSSR count). The predicted octanol–water partition coefficient (Wildman–Crippen LogP) is 2.13. The van der Waals surface area contributed by atoms with Gasteiger partial charge in [0.2, 0.25) is 0 Å². The number of aromatic carboxylic acids is 1. The number of carboxylic acid groups (broad SMARTS) is 1. The highest BCUT2D eigenvalue weighted by Crippen LogP contribution is 2.25. The number of ether oxygens (including phenoxy) is 1. The molecule has 7 nitrogen and oxygen atoms in total. The summed E-state index contributed by atoms with van der Waals surface area (Å²) in [6.45, 7) is 1.21. The number of methoxy groups -OCH3 is 1. The van der Waals surface area contributed by atoms with Crippen LogP contribution in [0.25, 0.3) is 0 Å². The van der Waals surface area contributed by atoms with Crippen LogP contribution in [-0.4, -0.2) is 36.3 Å². The first-order valence-electron chi connectivity index (χ1n) is 5.80. The summed E-state index contributed by atoms with van der Waals surface area (Å²) < 4.78 is 4.90. The third-order valence-corrected chi connectivity index (χ3v) is 2.53. The SMILES string of the molecule is COCCCCNc1ccc(C(=O)O)cc1[N+](=O)[O-]. The Morgan fingerprint density at radius 2 is 2.21 bits per heavy atom. The van der Waals surface area contributed by atoms with Crippen molar-refractivity contribution in [2.75, 3.05) is 25.6 Å². The number of hydrogen-bond acceptors (Lipinski definition) is 5. The molecule has 0 saturated heterocycles. The summed E-state index contributed by atoms with van der Waals surface area (Å²) in [5, 5.41) is 22.6. The summed E-state index contributed by atoms with van der Waals surface area (Å²) in [6, 6.07) is 3.81. The molecule has 0 amide bonds. The van der Waals surface area contributed by atoms with E-state index >= 15 is 0 Å². The standard InChI is InChI=1S/C12H16N2O5/c1-19-7-3-2-6-13-10-5-4-9(12(15)16)8-11(10)14(17)18/h4-5,8,13H,2-3,6-7H2,1H3,(H,15,16). The average molecular weight is 268 g/mol. The number of nitro groups is 1. The van der Waals surface area contributed by atoms with Gasteiger partial charge in [-0.1, -0.05) is 0 Å². The molecular weight excluding hydrogens is 252 g/mol. The van der Waals surface area contributed by atoms with E-state index in [2.05, 4.69) is 5.32 Å². The number of benzene rings is 1. The van der Waals surface area contributed by atoms with Gasteiger partial charge in [0.25, 0.3) is 5.69 Å². The molecule has 0 unspecified atom stereocenters. The Morgan fingerprint density at radius 1 is 1.47 bits per heavy atom. The van der Waals surface area contributed by atoms with Crippen LogP contribution in [0.2, 0.25) is 0 Å². The van der Waals surface area contributed by atoms with Crippen molar-refractivity contribution in [3.8, 4) is 0 Å². The summed E-state index contributed by atoms with van der Waals surface area (Å²) >= 11 is 0. The molecule has 1 aromatic carbocycles. The van der Waals surface area contributed by atoms with E-state index < -0.39 is 10.9 Å². The van der Waals surface area contributed by atoms with Crippen molar-refractivity contribution in [3.63, 3.8) is 0 Å². The van der Waals surface area contributed by atoms with Crippen LogP contribution in [0.1, 0.15) is 23.2 Å². The van der Waals surface area contributed by atoms with Gasteiger partial charge in [0.05, 0.1) is 10.5 Å². The Morgan fingerprint density at radius 3 is 2.79 bits per heavy atom. The maximum absolute atomic E-state index is 10.9. The number of nitrogens with one attached hydrogen (secondary N) is 1. The fraction of sp³-hybridized carbons (Fsp3) is 0.417. The van der Waals surface area contributed by atoms with E-state index in [4.69, 9.17) is 9.84 Å². The van der Waals surface area contributed by atoms with E-state index in [-0.39, 0.29) is 11.3 Å². The summed E-state index contributed by atoms with van der Waals surface area (Å²) in [7, 11) is 1.61. The quantitative estimate of drug-likeness (QED) is 0.425. The Labute approximate surface area is 110 Å². The lowest BCUT2D eigenvalue weighted by Crippen LogP contribution is -2.06. The van der Waals surface area contributed by atoms with E-state index in [9.17, 15) is 14.9 Å². The lowest BCUT2D eigenvalue weighted by atomic mass is 10.1. The number of hydrogen-bond donors (Lipinski definition) is 2. The highest BCUT2D eigenvalue weighted by molar-refractivity contribution is 5.89. The number of nitrogens with zero attached hydrogens (tertiary/aromatic N) is 1. The minimum absolute atomic E-state index is 0.100. The molecular formula is C12H16N2O5. The Bertz CT molecular complexity index is 461. The molecule has 2 N–H and O–H groups in total. The highest BCUT2D eigenvalue weighted by Gasteiger charge is 2.16. The fourth-order valence-corrected chi connectivity index (χ4v) is 1.56. The van der Waals surface area contributed by atoms with E-state index in [0.717, 1.165) is 18.9 Å². The van der Waals surface area contributed by atoms with Crippen LogP contribution in [0.3, 0.4) is 0 Å². The van der Waals surface area contributed by atoms with Gasteiger partial charge in [-0.2, -0.15) is 0 Å². The average Bonchev–Trinajstić information content (AvgIpc) is 2.38. The zero-order valence-electron chi connectivity index (χ0n) is 10.6. The molecule has 0 aliphatic rings. The number of carbonyl (C=O) groups is 1. The molecule has 0 fully saturated rings. The van der Waals surface area contributed by atoms with Gasteiger partial charge < -0.3 is 15.2 Å². The summed E-state index contributed by atoms with van der Waals surface area (Å²) in [4.78, 5) is 21.1. The molecule has 1 aromatic rings. The number of carboxylic acids is 1. The first kappa shape index (κ1) is 14.9. The molecule has 0 radical (unpaired) electrons. The molecule has 0 atom stereocenters. The summed E-state index contributed by atoms with van der Waals surface area (Å²) in [5.74, 6) is -1.19. The topological polar surface area (TPSA) is 102 Å². The maximum Gasteiger partial charge on any atom is 0.335 e. The largest absolute Gasteiger partial charge is 0.478 e. The fourth-order valence-electron chi connectivity index (χ4n) is 1.56. The van der Waals surface area contributed by atoms with Crippen LogP contribution in [0, 0.1) is 10.1 Å². The Balaban J connectivity index is 2.71. The molecule has 7 heteroatoms. The normalized spacial score (nSPS) is 10.2. The maximum atomic E-state index is 10.9. The smallest absolute Gasteiger partial charge is 0.335 e. The van der Waals surface area contributed by atoms with Gasteiger partial charge >= 0.3 is 5.97 Å². The van der Waals surface area contributed by atoms with Gasteiger partial charge in [0, 0.05) is 26.3 Å². The van der Waals surface area contributed by atoms with Crippen molar-refractivity contribution < 1.29 is 19.6 Å². The van der Waals surface area contributed by atoms with Gasteiger partial charge in [0.15, 0.2) is 0 Å². The van der Waals surface area contributed by atoms with Crippen LogP contribution in [-0.2, 0) is 4.74 Å². The van der Waals surface area contributed by atoms with Gasteiger partial charge in [-0.15, -0.1) is 0 Å². The number of rotatable bonds is 8. The molecule has 104 valence electrons. The Kier molecular flexibility index (Phi) is 5.74. The first-order chi connectivity index (χ1) is 9.06. The van der Waals surface area contributed by atoms with Crippen molar-refractivity contribution in [2.45, 2.75) is 12.8 Å². The van der Waals surface area contributed by atoms with Crippen LogP contribution in [0.5, 0.6) is 0 Å².